The fraction of sp³-hybridized carbons (Fsp3) is 0.190. The highest BCUT2D eigenvalue weighted by Gasteiger charge is 2.18. The topological polar surface area (TPSA) is 23.6 Å². The van der Waals surface area contributed by atoms with E-state index >= 15 is 0 Å². The Kier molecular flexibility index (Phi) is 6.38. The fourth-order valence-corrected chi connectivity index (χ4v) is 2.66. The Morgan fingerprint density at radius 2 is 1.29 bits per heavy atom. The van der Waals surface area contributed by atoms with Crippen LogP contribution in [-0.4, -0.2) is 40.9 Å². The summed E-state index contributed by atoms with van der Waals surface area (Å²) in [5, 5.41) is 0. The summed E-state index contributed by atoms with van der Waals surface area (Å²) in [6.07, 6.45) is 23.4. The van der Waals surface area contributed by atoms with Crippen LogP contribution in [0.1, 0.15) is 0 Å². The summed E-state index contributed by atoms with van der Waals surface area (Å²) in [4.78, 5) is 16.0. The van der Waals surface area contributed by atoms with Crippen molar-refractivity contribution in [3.05, 3.63) is 98.3 Å². The SMILES string of the molecule is C=CC(=C)N(C/C=C/CN(C(=O)C=C)C1C=CC=C1)C1C=CC=C1. The molecule has 0 N–H and O–H groups in total. The summed E-state index contributed by atoms with van der Waals surface area (Å²) in [6, 6.07) is 0.201. The first-order valence-corrected chi connectivity index (χ1v) is 8.03. The number of carbonyl (C=O) groups excluding carboxylic acids is 1. The maximum absolute atomic E-state index is 12.0. The van der Waals surface area contributed by atoms with Gasteiger partial charge in [-0.2, -0.15) is 0 Å². The van der Waals surface area contributed by atoms with E-state index in [2.05, 4.69) is 42.9 Å². The molecule has 0 aliphatic heterocycles. The van der Waals surface area contributed by atoms with Gasteiger partial charge in [-0.25, -0.2) is 0 Å². The Balaban J connectivity index is 1.97. The number of allylic oxidation sites excluding steroid dienone is 5. The van der Waals surface area contributed by atoms with Gasteiger partial charge >= 0.3 is 0 Å². The number of rotatable bonds is 9. The summed E-state index contributed by atoms with van der Waals surface area (Å²) in [6.45, 7) is 12.7. The van der Waals surface area contributed by atoms with Gasteiger partial charge in [0.2, 0.25) is 5.91 Å². The second kappa shape index (κ2) is 8.73. The van der Waals surface area contributed by atoms with Gasteiger partial charge in [-0.05, 0) is 12.2 Å². The van der Waals surface area contributed by atoms with Crippen molar-refractivity contribution in [2.75, 3.05) is 13.1 Å². The van der Waals surface area contributed by atoms with E-state index in [0.717, 1.165) is 5.70 Å². The van der Waals surface area contributed by atoms with Crippen LogP contribution in [0.2, 0.25) is 0 Å². The molecule has 0 aromatic heterocycles. The molecule has 0 radical (unpaired) electrons. The maximum atomic E-state index is 12.0. The number of carbonyl (C=O) groups is 1. The first kappa shape index (κ1) is 17.5. The quantitative estimate of drug-likeness (QED) is 0.368. The third-order valence-electron chi connectivity index (χ3n) is 4.01. The van der Waals surface area contributed by atoms with Crippen molar-refractivity contribution in [2.45, 2.75) is 12.1 Å². The maximum Gasteiger partial charge on any atom is 0.246 e. The minimum atomic E-state index is -0.0742. The first-order chi connectivity index (χ1) is 11.7. The van der Waals surface area contributed by atoms with Crippen LogP contribution in [0.3, 0.4) is 0 Å². The largest absolute Gasteiger partial charge is 0.358 e. The minimum absolute atomic E-state index is 0.0000854. The smallest absolute Gasteiger partial charge is 0.246 e. The van der Waals surface area contributed by atoms with Gasteiger partial charge in [0, 0.05) is 18.8 Å². The normalized spacial score (nSPS) is 16.2. The molecule has 0 spiro atoms. The van der Waals surface area contributed by atoms with Gasteiger partial charge in [-0.1, -0.05) is 80.5 Å². The lowest BCUT2D eigenvalue weighted by atomic mass is 10.2. The van der Waals surface area contributed by atoms with E-state index in [1.807, 2.05) is 42.5 Å². The molecule has 124 valence electrons. The Morgan fingerprint density at radius 3 is 1.75 bits per heavy atom. The van der Waals surface area contributed by atoms with E-state index in [1.165, 1.54) is 6.08 Å². The lowest BCUT2D eigenvalue weighted by Gasteiger charge is -2.28. The van der Waals surface area contributed by atoms with Crippen molar-refractivity contribution in [3.63, 3.8) is 0 Å². The monoisotopic (exact) mass is 320 g/mol. The highest BCUT2D eigenvalue weighted by atomic mass is 16.2. The summed E-state index contributed by atoms with van der Waals surface area (Å²) in [5.41, 5.74) is 0.876. The molecule has 0 saturated carbocycles. The van der Waals surface area contributed by atoms with Crippen molar-refractivity contribution in [2.24, 2.45) is 0 Å². The zero-order chi connectivity index (χ0) is 17.4. The molecule has 2 rings (SSSR count). The summed E-state index contributed by atoms with van der Waals surface area (Å²) in [7, 11) is 0. The second-order valence-corrected chi connectivity index (χ2v) is 5.53. The third-order valence-corrected chi connectivity index (χ3v) is 4.01. The van der Waals surface area contributed by atoms with E-state index in [9.17, 15) is 4.79 Å². The second-order valence-electron chi connectivity index (χ2n) is 5.53. The highest BCUT2D eigenvalue weighted by Crippen LogP contribution is 2.15. The average molecular weight is 320 g/mol. The molecular weight excluding hydrogens is 296 g/mol. The molecule has 3 nitrogen and oxygen atoms in total. The molecule has 0 unspecified atom stereocenters. The molecule has 0 bridgehead atoms. The Labute approximate surface area is 144 Å². The zero-order valence-corrected chi connectivity index (χ0v) is 13.9. The van der Waals surface area contributed by atoms with Crippen molar-refractivity contribution < 1.29 is 4.79 Å². The lowest BCUT2D eigenvalue weighted by Crippen LogP contribution is -2.36. The lowest BCUT2D eigenvalue weighted by molar-refractivity contribution is -0.126. The van der Waals surface area contributed by atoms with Gasteiger partial charge in [-0.15, -0.1) is 0 Å². The van der Waals surface area contributed by atoms with Crippen molar-refractivity contribution in [1.82, 2.24) is 9.80 Å². The van der Waals surface area contributed by atoms with E-state index in [-0.39, 0.29) is 18.0 Å². The molecule has 0 fully saturated rings. The van der Waals surface area contributed by atoms with E-state index < -0.39 is 0 Å². The van der Waals surface area contributed by atoms with Crippen molar-refractivity contribution >= 4 is 5.91 Å². The molecule has 0 heterocycles. The van der Waals surface area contributed by atoms with Gasteiger partial charge in [0.1, 0.15) is 0 Å². The predicted molar refractivity (Wildman–Crippen MR) is 101 cm³/mol. The number of hydrogen-bond acceptors (Lipinski definition) is 2. The van der Waals surface area contributed by atoms with E-state index in [0.29, 0.717) is 13.1 Å². The highest BCUT2D eigenvalue weighted by molar-refractivity contribution is 5.87. The molecule has 0 saturated heterocycles. The Hall–Kier alpha value is -2.81. The van der Waals surface area contributed by atoms with Gasteiger partial charge in [-0.3, -0.25) is 4.79 Å². The molecule has 24 heavy (non-hydrogen) atoms. The Morgan fingerprint density at radius 1 is 0.833 bits per heavy atom. The summed E-state index contributed by atoms with van der Waals surface area (Å²) >= 11 is 0. The van der Waals surface area contributed by atoms with E-state index in [1.54, 1.807) is 11.0 Å². The minimum Gasteiger partial charge on any atom is -0.358 e. The van der Waals surface area contributed by atoms with Crippen LogP contribution in [-0.2, 0) is 4.79 Å². The number of hydrogen-bond donors (Lipinski definition) is 0. The van der Waals surface area contributed by atoms with Gasteiger partial charge in [0.25, 0.3) is 0 Å². The van der Waals surface area contributed by atoms with E-state index in [4.69, 9.17) is 0 Å². The predicted octanol–water partition coefficient (Wildman–Crippen LogP) is 3.55. The molecular formula is C21H24N2O. The number of amides is 1. The molecule has 0 aromatic rings. The van der Waals surface area contributed by atoms with Gasteiger partial charge in [0.15, 0.2) is 0 Å². The number of nitrogens with zero attached hydrogens (tertiary/aromatic N) is 2. The molecule has 2 aliphatic carbocycles. The Bertz CT molecular complexity index is 569. The molecule has 0 atom stereocenters. The summed E-state index contributed by atoms with van der Waals surface area (Å²) in [5.74, 6) is -0.0742. The van der Waals surface area contributed by atoms with Crippen molar-refractivity contribution in [3.8, 4) is 0 Å². The summed E-state index contributed by atoms with van der Waals surface area (Å²) < 4.78 is 0. The van der Waals surface area contributed by atoms with Gasteiger partial charge in [0.05, 0.1) is 12.1 Å². The molecule has 1 amide bonds. The van der Waals surface area contributed by atoms with Crippen LogP contribution in [0.4, 0.5) is 0 Å². The standard InChI is InChI=1S/C21H24N2O/c1-4-18(3)22(19-12-6-7-13-19)16-10-11-17-23(21(24)5-2)20-14-8-9-15-20/h4-15,19-20H,1-3,16-17H2/b11-10+. The van der Waals surface area contributed by atoms with Gasteiger partial charge < -0.3 is 9.80 Å². The van der Waals surface area contributed by atoms with Crippen LogP contribution >= 0.6 is 0 Å². The first-order valence-electron chi connectivity index (χ1n) is 8.03. The third kappa shape index (κ3) is 4.35. The van der Waals surface area contributed by atoms with Crippen LogP contribution in [0.15, 0.2) is 98.3 Å². The molecule has 3 heteroatoms. The molecule has 2 aliphatic rings. The van der Waals surface area contributed by atoms with Crippen LogP contribution in [0, 0.1) is 0 Å². The average Bonchev–Trinajstić information content (AvgIpc) is 3.30. The van der Waals surface area contributed by atoms with Crippen LogP contribution in [0.25, 0.3) is 0 Å². The zero-order valence-electron chi connectivity index (χ0n) is 13.9. The molecule has 0 aromatic carbocycles. The van der Waals surface area contributed by atoms with Crippen LogP contribution in [0.5, 0.6) is 0 Å². The fourth-order valence-electron chi connectivity index (χ4n) is 2.66. The van der Waals surface area contributed by atoms with Crippen molar-refractivity contribution in [1.29, 1.82) is 0 Å². The van der Waals surface area contributed by atoms with Crippen LogP contribution < -0.4 is 0 Å².